The minimum absolute atomic E-state index is 0.307. The monoisotopic (exact) mass is 351 g/mol. The molecule has 0 unspecified atom stereocenters. The number of ether oxygens (including phenoxy) is 1. The van der Waals surface area contributed by atoms with Crippen molar-refractivity contribution in [3.8, 4) is 17.2 Å². The van der Waals surface area contributed by atoms with Crippen LogP contribution < -0.4 is 4.74 Å². The van der Waals surface area contributed by atoms with E-state index in [-0.39, 0.29) is 0 Å². The van der Waals surface area contributed by atoms with Gasteiger partial charge in [0, 0.05) is 24.0 Å². The Hall–Kier alpha value is -3.19. The van der Waals surface area contributed by atoms with Crippen LogP contribution in [0.25, 0.3) is 15.8 Å². The lowest BCUT2D eigenvalue weighted by molar-refractivity contribution is 0.0701. The van der Waals surface area contributed by atoms with Crippen LogP contribution in [0.5, 0.6) is 11.5 Å². The largest absolute Gasteiger partial charge is 0.477 e. The first-order valence-electron chi connectivity index (χ1n) is 7.52. The Bertz CT molecular complexity index is 1050. The number of thiophene rings is 1. The third kappa shape index (κ3) is 2.74. The second kappa shape index (κ2) is 6.03. The molecule has 6 nitrogen and oxygen atoms in total. The molecular formula is C18H13N3O3S. The number of benzene rings is 1. The van der Waals surface area contributed by atoms with Crippen molar-refractivity contribution in [3.05, 3.63) is 65.6 Å². The highest BCUT2D eigenvalue weighted by Crippen LogP contribution is 2.38. The van der Waals surface area contributed by atoms with Gasteiger partial charge in [-0.05, 0) is 42.8 Å². The lowest BCUT2D eigenvalue weighted by Crippen LogP contribution is -1.95. The molecule has 124 valence electrons. The third-order valence-corrected chi connectivity index (χ3v) is 5.05. The van der Waals surface area contributed by atoms with E-state index in [1.807, 2.05) is 36.5 Å². The Morgan fingerprint density at radius 3 is 2.72 bits per heavy atom. The van der Waals surface area contributed by atoms with E-state index in [9.17, 15) is 9.90 Å². The molecule has 3 aromatic heterocycles. The summed E-state index contributed by atoms with van der Waals surface area (Å²) in [6.07, 6.45) is 6.85. The van der Waals surface area contributed by atoms with E-state index in [1.54, 1.807) is 30.2 Å². The molecule has 4 aromatic rings. The topological polar surface area (TPSA) is 77.2 Å². The van der Waals surface area contributed by atoms with Crippen LogP contribution in [0, 0.1) is 6.92 Å². The second-order valence-corrected chi connectivity index (χ2v) is 6.47. The van der Waals surface area contributed by atoms with Gasteiger partial charge in [-0.3, -0.25) is 4.98 Å². The predicted octanol–water partition coefficient (Wildman–Crippen LogP) is 4.28. The number of rotatable bonds is 4. The molecule has 1 N–H and O–H groups in total. The van der Waals surface area contributed by atoms with Gasteiger partial charge in [-0.1, -0.05) is 0 Å². The van der Waals surface area contributed by atoms with Gasteiger partial charge in [-0.15, -0.1) is 11.3 Å². The van der Waals surface area contributed by atoms with Crippen LogP contribution in [0.4, 0.5) is 0 Å². The standard InChI is InChI=1S/C18H13N3O3S/c1-11-16-14(9-19-10-15(16)25-17(11)18(22)23)24-13-5-3-12(4-6-13)21-8-2-7-20-21/h2-10H,1H3,(H,22,23). The van der Waals surface area contributed by atoms with Gasteiger partial charge in [-0.25, -0.2) is 9.48 Å². The first-order valence-corrected chi connectivity index (χ1v) is 8.33. The average Bonchev–Trinajstić information content (AvgIpc) is 3.24. The summed E-state index contributed by atoms with van der Waals surface area (Å²) in [6, 6.07) is 9.35. The molecule has 7 heteroatoms. The zero-order valence-corrected chi connectivity index (χ0v) is 14.0. The van der Waals surface area contributed by atoms with Crippen LogP contribution in [-0.4, -0.2) is 25.8 Å². The van der Waals surface area contributed by atoms with Gasteiger partial charge in [-0.2, -0.15) is 5.10 Å². The van der Waals surface area contributed by atoms with Crippen LogP contribution in [0.15, 0.2) is 55.1 Å². The molecule has 0 fully saturated rings. The first kappa shape index (κ1) is 15.3. The Labute approximate surface area is 146 Å². The summed E-state index contributed by atoms with van der Waals surface area (Å²) in [5.74, 6) is 0.256. The van der Waals surface area contributed by atoms with E-state index in [4.69, 9.17) is 4.74 Å². The van der Waals surface area contributed by atoms with Crippen molar-refractivity contribution in [3.63, 3.8) is 0 Å². The van der Waals surface area contributed by atoms with Crippen molar-refractivity contribution in [2.45, 2.75) is 6.92 Å². The van der Waals surface area contributed by atoms with Crippen LogP contribution in [0.3, 0.4) is 0 Å². The summed E-state index contributed by atoms with van der Waals surface area (Å²) in [4.78, 5) is 15.8. The SMILES string of the molecule is Cc1c(C(=O)O)sc2cncc(Oc3ccc(-n4cccn4)cc3)c12. The molecule has 0 saturated heterocycles. The number of carboxylic acid groups (broad SMARTS) is 1. The number of aryl methyl sites for hydroxylation is 1. The fourth-order valence-corrected chi connectivity index (χ4v) is 3.70. The minimum atomic E-state index is -0.937. The molecule has 0 saturated carbocycles. The number of fused-ring (bicyclic) bond motifs is 1. The lowest BCUT2D eigenvalue weighted by Gasteiger charge is -2.08. The van der Waals surface area contributed by atoms with Gasteiger partial charge < -0.3 is 9.84 Å². The predicted molar refractivity (Wildman–Crippen MR) is 95.0 cm³/mol. The summed E-state index contributed by atoms with van der Waals surface area (Å²) in [7, 11) is 0. The molecule has 0 spiro atoms. The fourth-order valence-electron chi connectivity index (χ4n) is 2.67. The second-order valence-electron chi connectivity index (χ2n) is 5.42. The molecule has 1 aromatic carbocycles. The van der Waals surface area contributed by atoms with Gasteiger partial charge in [0.15, 0.2) is 5.75 Å². The maximum absolute atomic E-state index is 11.4. The Kier molecular flexibility index (Phi) is 3.70. The van der Waals surface area contributed by atoms with Gasteiger partial charge in [0.2, 0.25) is 0 Å². The molecule has 0 radical (unpaired) electrons. The molecule has 0 aliphatic carbocycles. The number of nitrogens with zero attached hydrogens (tertiary/aromatic N) is 3. The molecule has 0 atom stereocenters. The molecular weight excluding hydrogens is 338 g/mol. The summed E-state index contributed by atoms with van der Waals surface area (Å²) in [5.41, 5.74) is 1.62. The number of aromatic carboxylic acids is 1. The van der Waals surface area contributed by atoms with Crippen molar-refractivity contribution in [1.29, 1.82) is 0 Å². The Morgan fingerprint density at radius 2 is 2.04 bits per heavy atom. The highest BCUT2D eigenvalue weighted by atomic mass is 32.1. The van der Waals surface area contributed by atoms with E-state index in [1.165, 1.54) is 11.3 Å². The summed E-state index contributed by atoms with van der Waals surface area (Å²) in [5, 5.41) is 14.3. The summed E-state index contributed by atoms with van der Waals surface area (Å²) < 4.78 is 8.51. The van der Waals surface area contributed by atoms with Gasteiger partial charge >= 0.3 is 5.97 Å². The Morgan fingerprint density at radius 1 is 1.24 bits per heavy atom. The van der Waals surface area contributed by atoms with E-state index in [0.717, 1.165) is 15.8 Å². The van der Waals surface area contributed by atoms with E-state index < -0.39 is 5.97 Å². The quantitative estimate of drug-likeness (QED) is 0.594. The number of pyridine rings is 1. The zero-order chi connectivity index (χ0) is 17.4. The normalized spacial score (nSPS) is 10.9. The number of hydrogen-bond donors (Lipinski definition) is 1. The van der Waals surface area contributed by atoms with Crippen LogP contribution in [-0.2, 0) is 0 Å². The first-order chi connectivity index (χ1) is 12.1. The van der Waals surface area contributed by atoms with Crippen molar-refractivity contribution in [1.82, 2.24) is 14.8 Å². The van der Waals surface area contributed by atoms with E-state index in [0.29, 0.717) is 21.9 Å². The lowest BCUT2D eigenvalue weighted by atomic mass is 10.1. The van der Waals surface area contributed by atoms with Crippen molar-refractivity contribution in [2.75, 3.05) is 0 Å². The van der Waals surface area contributed by atoms with Crippen LogP contribution in [0.1, 0.15) is 15.2 Å². The van der Waals surface area contributed by atoms with Crippen molar-refractivity contribution in [2.24, 2.45) is 0 Å². The summed E-state index contributed by atoms with van der Waals surface area (Å²) >= 11 is 1.20. The molecule has 0 bridgehead atoms. The maximum Gasteiger partial charge on any atom is 0.346 e. The molecule has 0 aliphatic heterocycles. The number of carboxylic acids is 1. The molecule has 0 amide bonds. The third-order valence-electron chi connectivity index (χ3n) is 3.83. The number of carbonyl (C=O) groups is 1. The molecule has 3 heterocycles. The fraction of sp³-hybridized carbons (Fsp3) is 0.0556. The minimum Gasteiger partial charge on any atom is -0.477 e. The Balaban J connectivity index is 1.70. The molecule has 25 heavy (non-hydrogen) atoms. The van der Waals surface area contributed by atoms with E-state index >= 15 is 0 Å². The molecule has 4 rings (SSSR count). The van der Waals surface area contributed by atoms with Gasteiger partial charge in [0.1, 0.15) is 10.6 Å². The van der Waals surface area contributed by atoms with Crippen molar-refractivity contribution < 1.29 is 14.6 Å². The number of hydrogen-bond acceptors (Lipinski definition) is 5. The average molecular weight is 351 g/mol. The van der Waals surface area contributed by atoms with Gasteiger partial charge in [0.25, 0.3) is 0 Å². The van der Waals surface area contributed by atoms with E-state index in [2.05, 4.69) is 10.1 Å². The highest BCUT2D eigenvalue weighted by Gasteiger charge is 2.18. The zero-order valence-electron chi connectivity index (χ0n) is 13.2. The summed E-state index contributed by atoms with van der Waals surface area (Å²) in [6.45, 7) is 1.79. The van der Waals surface area contributed by atoms with Crippen molar-refractivity contribution >= 4 is 27.4 Å². The maximum atomic E-state index is 11.4. The molecule has 0 aliphatic rings. The smallest absolute Gasteiger partial charge is 0.346 e. The number of aromatic nitrogens is 3. The highest BCUT2D eigenvalue weighted by molar-refractivity contribution is 7.21. The van der Waals surface area contributed by atoms with Crippen LogP contribution in [0.2, 0.25) is 0 Å². The van der Waals surface area contributed by atoms with Gasteiger partial charge in [0.05, 0.1) is 16.6 Å². The van der Waals surface area contributed by atoms with Crippen LogP contribution >= 0.6 is 11.3 Å².